The van der Waals surface area contributed by atoms with E-state index >= 15 is 0 Å². The molecule has 9 nitrogen and oxygen atoms in total. The highest BCUT2D eigenvalue weighted by molar-refractivity contribution is 6.02. The normalized spacial score (nSPS) is 15.1. The molecule has 0 aliphatic carbocycles. The van der Waals surface area contributed by atoms with E-state index in [9.17, 15) is 24.5 Å². The van der Waals surface area contributed by atoms with E-state index in [0.29, 0.717) is 5.06 Å². The molecule has 1 aliphatic rings. The Morgan fingerprint density at radius 1 is 1.35 bits per heavy atom. The number of nitrogens with zero attached hydrogens (tertiary/aromatic N) is 2. The predicted octanol–water partition coefficient (Wildman–Crippen LogP) is 0.808. The van der Waals surface area contributed by atoms with Gasteiger partial charge in [-0.15, -0.1) is 5.06 Å². The highest BCUT2D eigenvalue weighted by Crippen LogP contribution is 2.17. The summed E-state index contributed by atoms with van der Waals surface area (Å²) in [6.07, 6.45) is 2.02. The van der Waals surface area contributed by atoms with Crippen molar-refractivity contribution in [2.45, 2.75) is 12.8 Å². The molecule has 2 heterocycles. The van der Waals surface area contributed by atoms with Crippen molar-refractivity contribution in [3.8, 4) is 0 Å². The van der Waals surface area contributed by atoms with Gasteiger partial charge in [-0.05, 0) is 12.1 Å². The first-order chi connectivity index (χ1) is 9.47. The number of hydrogen-bond donors (Lipinski definition) is 0. The first-order valence-electron chi connectivity index (χ1n) is 5.47. The highest BCUT2D eigenvalue weighted by atomic mass is 16.7. The second-order valence-electron chi connectivity index (χ2n) is 3.76. The maximum Gasteiger partial charge on any atom is 0.433 e. The molecule has 1 fully saturated rings. The van der Waals surface area contributed by atoms with Gasteiger partial charge in [0.2, 0.25) is 0 Å². The third-order valence-corrected chi connectivity index (χ3v) is 2.36. The van der Waals surface area contributed by atoms with Gasteiger partial charge >= 0.3 is 11.9 Å². The number of furan rings is 1. The Morgan fingerprint density at radius 2 is 2.00 bits per heavy atom. The quantitative estimate of drug-likeness (QED) is 0.346. The molecule has 1 aliphatic heterocycles. The maximum atomic E-state index is 11.4. The molecule has 20 heavy (non-hydrogen) atoms. The average Bonchev–Trinajstić information content (AvgIpc) is 2.98. The van der Waals surface area contributed by atoms with Crippen LogP contribution in [-0.4, -0.2) is 27.8 Å². The van der Waals surface area contributed by atoms with Gasteiger partial charge in [0, 0.05) is 18.9 Å². The van der Waals surface area contributed by atoms with Crippen LogP contribution in [0.3, 0.4) is 0 Å². The van der Waals surface area contributed by atoms with E-state index in [0.717, 1.165) is 18.2 Å². The Morgan fingerprint density at radius 3 is 2.55 bits per heavy atom. The Kier molecular flexibility index (Phi) is 3.60. The molecule has 1 aromatic heterocycles. The van der Waals surface area contributed by atoms with Gasteiger partial charge in [-0.2, -0.15) is 0 Å². The molecule has 0 unspecified atom stereocenters. The van der Waals surface area contributed by atoms with Crippen molar-refractivity contribution in [1.29, 1.82) is 0 Å². The van der Waals surface area contributed by atoms with Crippen molar-refractivity contribution in [3.63, 3.8) is 0 Å². The fourth-order valence-corrected chi connectivity index (χ4v) is 1.46. The van der Waals surface area contributed by atoms with Crippen molar-refractivity contribution >= 4 is 29.7 Å². The molecule has 0 bridgehead atoms. The lowest BCUT2D eigenvalue weighted by molar-refractivity contribution is -0.402. The van der Waals surface area contributed by atoms with Gasteiger partial charge in [0.25, 0.3) is 11.8 Å². The third-order valence-electron chi connectivity index (χ3n) is 2.36. The smallest absolute Gasteiger partial charge is 0.401 e. The molecule has 0 spiro atoms. The summed E-state index contributed by atoms with van der Waals surface area (Å²) >= 11 is 0. The van der Waals surface area contributed by atoms with E-state index < -0.39 is 28.6 Å². The molecule has 0 N–H and O–H groups in total. The lowest BCUT2D eigenvalue weighted by Crippen LogP contribution is -2.31. The third kappa shape index (κ3) is 2.88. The van der Waals surface area contributed by atoms with Crippen molar-refractivity contribution < 1.29 is 28.6 Å². The second kappa shape index (κ2) is 5.34. The summed E-state index contributed by atoms with van der Waals surface area (Å²) in [6.45, 7) is 0. The van der Waals surface area contributed by atoms with Crippen molar-refractivity contribution in [1.82, 2.24) is 5.06 Å². The molecule has 0 radical (unpaired) electrons. The van der Waals surface area contributed by atoms with E-state index in [1.54, 1.807) is 0 Å². The van der Waals surface area contributed by atoms with Crippen LogP contribution in [0.15, 0.2) is 22.6 Å². The zero-order valence-electron chi connectivity index (χ0n) is 9.98. The number of imide groups is 1. The molecule has 9 heteroatoms. The minimum Gasteiger partial charge on any atom is -0.401 e. The van der Waals surface area contributed by atoms with Gasteiger partial charge in [-0.3, -0.25) is 19.7 Å². The minimum absolute atomic E-state index is 0.000205. The number of carbonyl (C=O) groups excluding carboxylic acids is 3. The highest BCUT2D eigenvalue weighted by Gasteiger charge is 2.32. The molecule has 1 saturated heterocycles. The summed E-state index contributed by atoms with van der Waals surface area (Å²) < 4.78 is 4.77. The summed E-state index contributed by atoms with van der Waals surface area (Å²) in [6, 6.07) is 2.41. The standard InChI is InChI=1S/C11H8N2O7/c14-8-3-4-9(15)12(8)20-11(16)6-2-7-1-5-10(19-7)13(17)18/h1-2,5-6H,3-4H2/b6-2+. The van der Waals surface area contributed by atoms with Gasteiger partial charge in [0.15, 0.2) is 0 Å². The fraction of sp³-hybridized carbons (Fsp3) is 0.182. The predicted molar refractivity (Wildman–Crippen MR) is 61.6 cm³/mol. The molecule has 0 atom stereocenters. The van der Waals surface area contributed by atoms with Crippen LogP contribution in [0.1, 0.15) is 18.6 Å². The van der Waals surface area contributed by atoms with Gasteiger partial charge in [0.1, 0.15) is 10.7 Å². The molecule has 2 amide bonds. The number of nitro groups is 1. The molecule has 104 valence electrons. The summed E-state index contributed by atoms with van der Waals surface area (Å²) in [5.41, 5.74) is 0. The largest absolute Gasteiger partial charge is 0.433 e. The SMILES string of the molecule is O=C(/C=C/c1ccc([N+](=O)[O-])o1)ON1C(=O)CCC1=O. The van der Waals surface area contributed by atoms with Crippen LogP contribution in [0.5, 0.6) is 0 Å². The Hall–Kier alpha value is -2.97. The number of carbonyl (C=O) groups is 3. The van der Waals surface area contributed by atoms with Crippen LogP contribution in [0.2, 0.25) is 0 Å². The Bertz CT molecular complexity index is 600. The second-order valence-corrected chi connectivity index (χ2v) is 3.76. The Labute approximate surface area is 111 Å². The van der Waals surface area contributed by atoms with E-state index in [1.165, 1.54) is 6.07 Å². The van der Waals surface area contributed by atoms with Gasteiger partial charge in [-0.1, -0.05) is 0 Å². The van der Waals surface area contributed by atoms with Crippen LogP contribution in [-0.2, 0) is 19.2 Å². The minimum atomic E-state index is -0.965. The number of hydroxylamine groups is 2. The van der Waals surface area contributed by atoms with Gasteiger partial charge in [-0.25, -0.2) is 4.79 Å². The number of hydrogen-bond acceptors (Lipinski definition) is 7. The lowest BCUT2D eigenvalue weighted by atomic mass is 10.4. The van der Waals surface area contributed by atoms with E-state index in [-0.39, 0.29) is 18.6 Å². The monoisotopic (exact) mass is 280 g/mol. The summed E-state index contributed by atoms with van der Waals surface area (Å²) in [5, 5.41) is 10.8. The fourth-order valence-electron chi connectivity index (χ4n) is 1.46. The molecule has 1 aromatic rings. The number of rotatable bonds is 4. The van der Waals surface area contributed by atoms with Crippen LogP contribution < -0.4 is 0 Å². The van der Waals surface area contributed by atoms with Crippen LogP contribution in [0.4, 0.5) is 5.88 Å². The Balaban J connectivity index is 1.96. The molecular weight excluding hydrogens is 272 g/mol. The number of amides is 2. The molecule has 0 aromatic carbocycles. The first-order valence-corrected chi connectivity index (χ1v) is 5.47. The van der Waals surface area contributed by atoms with Gasteiger partial charge in [0.05, 0.1) is 6.07 Å². The van der Waals surface area contributed by atoms with Crippen LogP contribution >= 0.6 is 0 Å². The van der Waals surface area contributed by atoms with Crippen LogP contribution in [0.25, 0.3) is 6.08 Å². The van der Waals surface area contributed by atoms with Crippen molar-refractivity contribution in [2.75, 3.05) is 0 Å². The topological polar surface area (TPSA) is 120 Å². The van der Waals surface area contributed by atoms with Crippen molar-refractivity contribution in [3.05, 3.63) is 34.1 Å². The average molecular weight is 280 g/mol. The van der Waals surface area contributed by atoms with Crippen LogP contribution in [0, 0.1) is 10.1 Å². The first kappa shape index (κ1) is 13.5. The molecular formula is C11H8N2O7. The summed E-state index contributed by atoms with van der Waals surface area (Å²) in [5.74, 6) is -2.56. The van der Waals surface area contributed by atoms with E-state index in [1.807, 2.05) is 0 Å². The zero-order chi connectivity index (χ0) is 14.7. The lowest BCUT2D eigenvalue weighted by Gasteiger charge is -2.10. The summed E-state index contributed by atoms with van der Waals surface area (Å²) in [4.78, 5) is 47.9. The molecule has 0 saturated carbocycles. The summed E-state index contributed by atoms with van der Waals surface area (Å²) in [7, 11) is 0. The maximum absolute atomic E-state index is 11.4. The zero-order valence-corrected chi connectivity index (χ0v) is 9.98. The van der Waals surface area contributed by atoms with Gasteiger partial charge < -0.3 is 9.25 Å². The van der Waals surface area contributed by atoms with Crippen molar-refractivity contribution in [2.24, 2.45) is 0 Å². The van der Waals surface area contributed by atoms with E-state index in [2.05, 4.69) is 4.84 Å². The van der Waals surface area contributed by atoms with E-state index in [4.69, 9.17) is 4.42 Å². The molecule has 2 rings (SSSR count).